The Kier molecular flexibility index (Phi) is 6.48. The van der Waals surface area contributed by atoms with Crippen molar-refractivity contribution in [2.75, 3.05) is 18.4 Å². The van der Waals surface area contributed by atoms with Crippen LogP contribution >= 0.6 is 0 Å². The van der Waals surface area contributed by atoms with E-state index >= 15 is 0 Å². The van der Waals surface area contributed by atoms with Crippen molar-refractivity contribution in [1.82, 2.24) is 4.90 Å². The number of aryl methyl sites for hydroxylation is 1. The van der Waals surface area contributed by atoms with Crippen LogP contribution in [0.15, 0.2) is 48.5 Å². The first kappa shape index (κ1) is 21.9. The molecule has 0 spiro atoms. The number of carbonyl (C=O) groups excluding carboxylic acids is 2. The number of halogens is 3. The second kappa shape index (κ2) is 8.90. The second-order valence-corrected chi connectivity index (χ2v) is 7.66. The van der Waals surface area contributed by atoms with E-state index in [1.165, 1.54) is 17.0 Å². The average molecular weight is 418 g/mol. The number of rotatable bonds is 7. The number of anilines is 1. The van der Waals surface area contributed by atoms with Crippen LogP contribution in [0, 0.1) is 12.8 Å². The Labute approximate surface area is 174 Å². The van der Waals surface area contributed by atoms with Crippen LogP contribution in [0.1, 0.15) is 42.4 Å². The molecule has 0 bridgehead atoms. The van der Waals surface area contributed by atoms with Gasteiger partial charge in [-0.3, -0.25) is 9.59 Å². The van der Waals surface area contributed by atoms with Crippen LogP contribution in [0.25, 0.3) is 0 Å². The van der Waals surface area contributed by atoms with E-state index in [4.69, 9.17) is 0 Å². The summed E-state index contributed by atoms with van der Waals surface area (Å²) in [5.74, 6) is -1.57. The highest BCUT2D eigenvalue weighted by Gasteiger charge is 2.49. The van der Waals surface area contributed by atoms with Crippen LogP contribution in [0.3, 0.4) is 0 Å². The molecule has 0 aliphatic heterocycles. The molecule has 1 saturated carbocycles. The zero-order chi connectivity index (χ0) is 21.9. The fraction of sp³-hybridized carbons (Fsp3) is 0.391. The summed E-state index contributed by atoms with van der Waals surface area (Å²) in [6, 6.07) is 12.7. The van der Waals surface area contributed by atoms with Crippen LogP contribution < -0.4 is 5.32 Å². The lowest BCUT2D eigenvalue weighted by molar-refractivity contribution is -0.139. The van der Waals surface area contributed by atoms with Gasteiger partial charge in [-0.15, -0.1) is 0 Å². The molecule has 2 amide bonds. The molecule has 1 N–H and O–H groups in total. The molecule has 1 aliphatic carbocycles. The first-order valence-electron chi connectivity index (χ1n) is 10.0. The predicted molar refractivity (Wildman–Crippen MR) is 109 cm³/mol. The predicted octanol–water partition coefficient (Wildman–Crippen LogP) is 4.99. The van der Waals surface area contributed by atoms with Crippen molar-refractivity contribution in [3.8, 4) is 0 Å². The zero-order valence-corrected chi connectivity index (χ0v) is 17.0. The fourth-order valence-corrected chi connectivity index (χ4v) is 3.74. The summed E-state index contributed by atoms with van der Waals surface area (Å²) in [4.78, 5) is 26.9. The fourth-order valence-electron chi connectivity index (χ4n) is 3.74. The van der Waals surface area contributed by atoms with E-state index in [1.54, 1.807) is 12.1 Å². The summed E-state index contributed by atoms with van der Waals surface area (Å²) in [6.45, 7) is 4.02. The molecule has 7 heteroatoms. The molecule has 2 aromatic carbocycles. The largest absolute Gasteiger partial charge is 0.416 e. The number of nitrogens with zero attached hydrogens (tertiary/aromatic N) is 1. The normalized spacial score (nSPS) is 18.0. The van der Waals surface area contributed by atoms with Crippen LogP contribution in [0.4, 0.5) is 18.9 Å². The van der Waals surface area contributed by atoms with Gasteiger partial charge in [-0.1, -0.05) is 43.3 Å². The molecule has 0 aromatic heterocycles. The standard InChI is InChI=1S/C23H25F3N2O2/c1-3-12-28(14-21(29)27-20-11-7-4-8-15(20)2)22(30)18-13-17(18)16-9-5-6-10-19(16)23(24,25)26/h4-11,17-18H,3,12-14H2,1-2H3,(H,27,29). The number of nitrogens with one attached hydrogen (secondary N) is 1. The molecule has 30 heavy (non-hydrogen) atoms. The lowest BCUT2D eigenvalue weighted by atomic mass is 10.0. The monoisotopic (exact) mass is 418 g/mol. The molecule has 1 fully saturated rings. The third-order valence-corrected chi connectivity index (χ3v) is 5.33. The molecule has 4 nitrogen and oxygen atoms in total. The van der Waals surface area contributed by atoms with E-state index in [-0.39, 0.29) is 23.9 Å². The second-order valence-electron chi connectivity index (χ2n) is 7.66. The van der Waals surface area contributed by atoms with E-state index in [2.05, 4.69) is 5.32 Å². The maximum atomic E-state index is 13.3. The smallest absolute Gasteiger partial charge is 0.333 e. The molecule has 160 valence electrons. The Morgan fingerprint density at radius 3 is 2.43 bits per heavy atom. The highest BCUT2D eigenvalue weighted by atomic mass is 19.4. The number of carbonyl (C=O) groups is 2. The highest BCUT2D eigenvalue weighted by Crippen LogP contribution is 2.51. The molecule has 2 atom stereocenters. The Bertz CT molecular complexity index is 927. The van der Waals surface area contributed by atoms with E-state index in [1.807, 2.05) is 32.0 Å². The summed E-state index contributed by atoms with van der Waals surface area (Å²) in [5.41, 5.74) is 1.05. The Morgan fingerprint density at radius 1 is 1.10 bits per heavy atom. The van der Waals surface area contributed by atoms with Crippen LogP contribution in [0.2, 0.25) is 0 Å². The van der Waals surface area contributed by atoms with Crippen molar-refractivity contribution in [1.29, 1.82) is 0 Å². The SMILES string of the molecule is CCCN(CC(=O)Nc1ccccc1C)C(=O)C1CC1c1ccccc1C(F)(F)F. The Hall–Kier alpha value is -2.83. The van der Waals surface area contributed by atoms with Gasteiger partial charge in [0.15, 0.2) is 0 Å². The van der Waals surface area contributed by atoms with Crippen LogP contribution in [-0.2, 0) is 15.8 Å². The molecule has 3 rings (SSSR count). The first-order chi connectivity index (χ1) is 14.2. The van der Waals surface area contributed by atoms with Gasteiger partial charge in [-0.2, -0.15) is 13.2 Å². The highest BCUT2D eigenvalue weighted by molar-refractivity contribution is 5.96. The van der Waals surface area contributed by atoms with Gasteiger partial charge < -0.3 is 10.2 Å². The molecular weight excluding hydrogens is 393 g/mol. The van der Waals surface area contributed by atoms with Crippen molar-refractivity contribution in [3.05, 3.63) is 65.2 Å². The minimum absolute atomic E-state index is 0.120. The van der Waals surface area contributed by atoms with Gasteiger partial charge in [-0.05, 0) is 48.9 Å². The van der Waals surface area contributed by atoms with Crippen molar-refractivity contribution in [2.24, 2.45) is 5.92 Å². The van der Waals surface area contributed by atoms with Crippen molar-refractivity contribution >= 4 is 17.5 Å². The summed E-state index contributed by atoms with van der Waals surface area (Å²) in [7, 11) is 0. The summed E-state index contributed by atoms with van der Waals surface area (Å²) in [5, 5.41) is 2.80. The summed E-state index contributed by atoms with van der Waals surface area (Å²) < 4.78 is 39.9. The molecular formula is C23H25F3N2O2. The molecule has 0 radical (unpaired) electrons. The number of hydrogen-bond donors (Lipinski definition) is 1. The molecule has 0 heterocycles. The van der Waals surface area contributed by atoms with Gasteiger partial charge in [0, 0.05) is 18.2 Å². The lowest BCUT2D eigenvalue weighted by Crippen LogP contribution is -2.39. The van der Waals surface area contributed by atoms with Gasteiger partial charge in [0.1, 0.15) is 0 Å². The molecule has 2 aromatic rings. The van der Waals surface area contributed by atoms with E-state index in [9.17, 15) is 22.8 Å². The Morgan fingerprint density at radius 2 is 1.77 bits per heavy atom. The number of benzene rings is 2. The van der Waals surface area contributed by atoms with Gasteiger partial charge in [0.2, 0.25) is 11.8 Å². The maximum absolute atomic E-state index is 13.3. The number of para-hydroxylation sites is 1. The van der Waals surface area contributed by atoms with E-state index in [0.717, 1.165) is 11.6 Å². The minimum Gasteiger partial charge on any atom is -0.333 e. The van der Waals surface area contributed by atoms with Gasteiger partial charge in [0.25, 0.3) is 0 Å². The third kappa shape index (κ3) is 5.01. The third-order valence-electron chi connectivity index (χ3n) is 5.33. The maximum Gasteiger partial charge on any atom is 0.416 e. The summed E-state index contributed by atoms with van der Waals surface area (Å²) in [6.07, 6.45) is -3.44. The molecule has 1 aliphatic rings. The number of alkyl halides is 3. The lowest BCUT2D eigenvalue weighted by Gasteiger charge is -2.22. The molecule has 2 unspecified atom stereocenters. The van der Waals surface area contributed by atoms with Gasteiger partial charge >= 0.3 is 6.18 Å². The van der Waals surface area contributed by atoms with Crippen molar-refractivity contribution < 1.29 is 22.8 Å². The number of hydrogen-bond acceptors (Lipinski definition) is 2. The van der Waals surface area contributed by atoms with Gasteiger partial charge in [0.05, 0.1) is 12.1 Å². The topological polar surface area (TPSA) is 49.4 Å². The van der Waals surface area contributed by atoms with Crippen molar-refractivity contribution in [2.45, 2.75) is 38.8 Å². The average Bonchev–Trinajstić information content (AvgIpc) is 3.49. The van der Waals surface area contributed by atoms with Crippen molar-refractivity contribution in [3.63, 3.8) is 0 Å². The van der Waals surface area contributed by atoms with E-state index in [0.29, 0.717) is 25.1 Å². The van der Waals surface area contributed by atoms with E-state index < -0.39 is 23.6 Å². The minimum atomic E-state index is -4.46. The molecule has 0 saturated heterocycles. The zero-order valence-electron chi connectivity index (χ0n) is 17.0. The van der Waals surface area contributed by atoms with Gasteiger partial charge in [-0.25, -0.2) is 0 Å². The Balaban J connectivity index is 1.69. The summed E-state index contributed by atoms with van der Waals surface area (Å²) >= 11 is 0. The van der Waals surface area contributed by atoms with Crippen LogP contribution in [-0.4, -0.2) is 29.8 Å². The van der Waals surface area contributed by atoms with Crippen LogP contribution in [0.5, 0.6) is 0 Å². The number of amides is 2. The quantitative estimate of drug-likeness (QED) is 0.688. The first-order valence-corrected chi connectivity index (χ1v) is 10.0.